The first-order chi connectivity index (χ1) is 12.4. The number of aryl methyl sites for hydroxylation is 1. The Labute approximate surface area is 157 Å². The van der Waals surface area contributed by atoms with Gasteiger partial charge < -0.3 is 10.1 Å². The van der Waals surface area contributed by atoms with Crippen LogP contribution >= 0.6 is 0 Å². The molecule has 0 saturated heterocycles. The third-order valence-electron chi connectivity index (χ3n) is 3.80. The van der Waals surface area contributed by atoms with Gasteiger partial charge in [-0.05, 0) is 60.1 Å². The van der Waals surface area contributed by atoms with Crippen molar-refractivity contribution in [3.8, 4) is 11.4 Å². The lowest BCUT2D eigenvalue weighted by Crippen LogP contribution is -2.38. The molecule has 2 rings (SSSR count). The molecule has 2 unspecified atom stereocenters. The van der Waals surface area contributed by atoms with Gasteiger partial charge in [-0.3, -0.25) is 0 Å². The Bertz CT molecular complexity index is 794. The maximum absolute atomic E-state index is 13.4. The molecule has 2 atom stereocenters. The van der Waals surface area contributed by atoms with Crippen LogP contribution in [0.4, 0.5) is 13.6 Å². The molecule has 0 radical (unpaired) electrons. The average molecular weight is 380 g/mol. The van der Waals surface area contributed by atoms with E-state index in [1.807, 2.05) is 13.8 Å². The minimum Gasteiger partial charge on any atom is -0.444 e. The number of alkyl carbamates (subject to hydrolysis) is 1. The van der Waals surface area contributed by atoms with Gasteiger partial charge in [-0.15, -0.1) is 0 Å². The molecule has 0 aliphatic carbocycles. The molecule has 27 heavy (non-hydrogen) atoms. The van der Waals surface area contributed by atoms with Crippen molar-refractivity contribution in [2.45, 2.75) is 65.6 Å². The number of amides is 1. The molecule has 1 aromatic carbocycles. The van der Waals surface area contributed by atoms with Crippen LogP contribution in [-0.2, 0) is 4.74 Å². The molecule has 1 aromatic heterocycles. The van der Waals surface area contributed by atoms with Gasteiger partial charge in [0, 0.05) is 17.7 Å². The molecule has 0 fully saturated rings. The fourth-order valence-corrected chi connectivity index (χ4v) is 2.80. The summed E-state index contributed by atoms with van der Waals surface area (Å²) in [6, 6.07) is 2.95. The number of aromatic nitrogens is 3. The fourth-order valence-electron chi connectivity index (χ4n) is 2.80. The molecule has 0 bridgehead atoms. The second kappa shape index (κ2) is 8.02. The van der Waals surface area contributed by atoms with Crippen LogP contribution in [0, 0.1) is 18.6 Å². The number of halogens is 2. The van der Waals surface area contributed by atoms with E-state index in [-0.39, 0.29) is 23.5 Å². The maximum Gasteiger partial charge on any atom is 0.407 e. The zero-order chi connectivity index (χ0) is 20.4. The van der Waals surface area contributed by atoms with Crippen LogP contribution in [-0.4, -0.2) is 32.5 Å². The van der Waals surface area contributed by atoms with Crippen molar-refractivity contribution in [1.29, 1.82) is 0 Å². The van der Waals surface area contributed by atoms with Crippen molar-refractivity contribution >= 4 is 6.09 Å². The van der Waals surface area contributed by atoms with Crippen molar-refractivity contribution in [1.82, 2.24) is 20.1 Å². The molecule has 1 heterocycles. The van der Waals surface area contributed by atoms with E-state index in [9.17, 15) is 13.6 Å². The van der Waals surface area contributed by atoms with E-state index in [2.05, 4.69) is 15.4 Å². The Kier molecular flexibility index (Phi) is 6.18. The third-order valence-corrected chi connectivity index (χ3v) is 3.80. The molecule has 8 heteroatoms. The first-order valence-corrected chi connectivity index (χ1v) is 8.83. The summed E-state index contributed by atoms with van der Waals surface area (Å²) in [4.78, 5) is 16.2. The number of carbonyl (C=O) groups excluding carboxylic acids is 1. The Balaban J connectivity index is 2.07. The Morgan fingerprint density at radius 1 is 1.22 bits per heavy atom. The molecule has 0 aliphatic rings. The molecule has 6 nitrogen and oxygen atoms in total. The van der Waals surface area contributed by atoms with Crippen molar-refractivity contribution < 1.29 is 18.3 Å². The van der Waals surface area contributed by atoms with Crippen LogP contribution in [0.25, 0.3) is 11.4 Å². The SMILES string of the molecule is Cc1nc(-c2cc(F)cc(F)c2)nn1C(C)CC(C)NC(=O)OC(C)(C)C. The van der Waals surface area contributed by atoms with Gasteiger partial charge in [0.1, 0.15) is 23.1 Å². The van der Waals surface area contributed by atoms with Gasteiger partial charge in [-0.1, -0.05) is 0 Å². The molecule has 1 N–H and O–H groups in total. The quantitative estimate of drug-likeness (QED) is 0.835. The summed E-state index contributed by atoms with van der Waals surface area (Å²) in [7, 11) is 0. The summed E-state index contributed by atoms with van der Waals surface area (Å²) in [6.07, 6.45) is 0.105. The van der Waals surface area contributed by atoms with E-state index in [0.717, 1.165) is 6.07 Å². The number of nitrogens with zero attached hydrogens (tertiary/aromatic N) is 3. The van der Waals surface area contributed by atoms with Crippen LogP contribution in [0.3, 0.4) is 0 Å². The van der Waals surface area contributed by atoms with Gasteiger partial charge >= 0.3 is 6.09 Å². The zero-order valence-electron chi connectivity index (χ0n) is 16.5. The van der Waals surface area contributed by atoms with E-state index < -0.39 is 23.3 Å². The summed E-state index contributed by atoms with van der Waals surface area (Å²) in [6.45, 7) is 11.0. The molecule has 0 saturated carbocycles. The molecule has 0 aliphatic heterocycles. The minimum atomic E-state index is -0.678. The number of benzene rings is 1. The average Bonchev–Trinajstić information content (AvgIpc) is 2.86. The van der Waals surface area contributed by atoms with E-state index in [4.69, 9.17) is 4.74 Å². The normalized spacial score (nSPS) is 13.9. The van der Waals surface area contributed by atoms with E-state index in [0.29, 0.717) is 12.2 Å². The van der Waals surface area contributed by atoms with Crippen LogP contribution in [0.5, 0.6) is 0 Å². The molecule has 0 spiro atoms. The van der Waals surface area contributed by atoms with Crippen molar-refractivity contribution in [3.05, 3.63) is 35.7 Å². The predicted molar refractivity (Wildman–Crippen MR) is 98.3 cm³/mol. The number of nitrogens with one attached hydrogen (secondary N) is 1. The van der Waals surface area contributed by atoms with Gasteiger partial charge in [0.15, 0.2) is 5.82 Å². The standard InChI is InChI=1S/C19H26F2N4O2/c1-11(22-18(26)27-19(4,5)6)7-12(2)25-13(3)23-17(24-25)14-8-15(20)10-16(21)9-14/h8-12H,7H2,1-6H3,(H,22,26). The topological polar surface area (TPSA) is 69.0 Å². The Hall–Kier alpha value is -2.51. The van der Waals surface area contributed by atoms with Crippen LogP contribution in [0.2, 0.25) is 0 Å². The smallest absolute Gasteiger partial charge is 0.407 e. The third kappa shape index (κ3) is 6.01. The van der Waals surface area contributed by atoms with E-state index >= 15 is 0 Å². The molecule has 1 amide bonds. The van der Waals surface area contributed by atoms with Crippen molar-refractivity contribution in [3.63, 3.8) is 0 Å². The fraction of sp³-hybridized carbons (Fsp3) is 0.526. The summed E-state index contributed by atoms with van der Waals surface area (Å²) in [5.41, 5.74) is -0.283. The van der Waals surface area contributed by atoms with Crippen molar-refractivity contribution in [2.24, 2.45) is 0 Å². The van der Waals surface area contributed by atoms with Gasteiger partial charge in [-0.2, -0.15) is 5.10 Å². The van der Waals surface area contributed by atoms with Gasteiger partial charge in [0.05, 0.1) is 6.04 Å². The summed E-state index contributed by atoms with van der Waals surface area (Å²) >= 11 is 0. The monoisotopic (exact) mass is 380 g/mol. The van der Waals surface area contributed by atoms with Crippen LogP contribution in [0.1, 0.15) is 52.9 Å². The second-order valence-electron chi connectivity index (χ2n) is 7.72. The highest BCUT2D eigenvalue weighted by atomic mass is 19.1. The Morgan fingerprint density at radius 2 is 1.81 bits per heavy atom. The number of rotatable bonds is 5. The zero-order valence-corrected chi connectivity index (χ0v) is 16.5. The number of carbonyl (C=O) groups is 1. The molecular formula is C19H26F2N4O2. The Morgan fingerprint density at radius 3 is 2.37 bits per heavy atom. The number of ether oxygens (including phenoxy) is 1. The summed E-state index contributed by atoms with van der Waals surface area (Å²) < 4.78 is 33.8. The van der Waals surface area contributed by atoms with E-state index in [1.165, 1.54) is 12.1 Å². The highest BCUT2D eigenvalue weighted by molar-refractivity contribution is 5.68. The largest absolute Gasteiger partial charge is 0.444 e. The maximum atomic E-state index is 13.4. The van der Waals surface area contributed by atoms with Crippen LogP contribution < -0.4 is 5.32 Å². The summed E-state index contributed by atoms with van der Waals surface area (Å²) in [5, 5.41) is 7.17. The molecule has 2 aromatic rings. The lowest BCUT2D eigenvalue weighted by Gasteiger charge is -2.23. The first kappa shape index (κ1) is 20.8. The van der Waals surface area contributed by atoms with E-state index in [1.54, 1.807) is 32.4 Å². The lowest BCUT2D eigenvalue weighted by atomic mass is 10.1. The number of hydrogen-bond donors (Lipinski definition) is 1. The van der Waals surface area contributed by atoms with Gasteiger partial charge in [-0.25, -0.2) is 23.2 Å². The molecule has 148 valence electrons. The lowest BCUT2D eigenvalue weighted by molar-refractivity contribution is 0.0503. The highest BCUT2D eigenvalue weighted by Gasteiger charge is 2.21. The van der Waals surface area contributed by atoms with Crippen LogP contribution in [0.15, 0.2) is 18.2 Å². The first-order valence-electron chi connectivity index (χ1n) is 8.83. The van der Waals surface area contributed by atoms with Gasteiger partial charge in [0.2, 0.25) is 0 Å². The predicted octanol–water partition coefficient (Wildman–Crippen LogP) is 4.40. The van der Waals surface area contributed by atoms with Crippen molar-refractivity contribution in [2.75, 3.05) is 0 Å². The number of hydrogen-bond acceptors (Lipinski definition) is 4. The van der Waals surface area contributed by atoms with Gasteiger partial charge in [0.25, 0.3) is 0 Å². The second-order valence-corrected chi connectivity index (χ2v) is 7.72. The molecular weight excluding hydrogens is 354 g/mol. The minimum absolute atomic E-state index is 0.0883. The summed E-state index contributed by atoms with van der Waals surface area (Å²) in [5.74, 6) is -0.485. The highest BCUT2D eigenvalue weighted by Crippen LogP contribution is 2.22.